The van der Waals surface area contributed by atoms with Crippen LogP contribution in [-0.2, 0) is 18.5 Å². The van der Waals surface area contributed by atoms with Crippen molar-refractivity contribution in [2.24, 2.45) is 0 Å². The van der Waals surface area contributed by atoms with Gasteiger partial charge in [-0.1, -0.05) is 57.2 Å². The van der Waals surface area contributed by atoms with Crippen molar-refractivity contribution in [1.82, 2.24) is 20.1 Å². The predicted molar refractivity (Wildman–Crippen MR) is 130 cm³/mol. The number of pyridine rings is 1. The highest BCUT2D eigenvalue weighted by molar-refractivity contribution is 5.90. The van der Waals surface area contributed by atoms with Gasteiger partial charge in [-0.15, -0.1) is 0 Å². The van der Waals surface area contributed by atoms with Crippen molar-refractivity contribution in [3.63, 3.8) is 0 Å². The SMILES string of the molecule is CC(C)(C)c1ccc(NC(=O)NCc2nn(Cc3cccnc3)c(=O)c3ccccc23)cc1. The predicted octanol–water partition coefficient (Wildman–Crippen LogP) is 4.46. The maximum absolute atomic E-state index is 12.9. The number of hydrogen-bond donors (Lipinski definition) is 2. The highest BCUT2D eigenvalue weighted by Crippen LogP contribution is 2.23. The van der Waals surface area contributed by atoms with Gasteiger partial charge in [-0.25, -0.2) is 9.48 Å². The molecule has 2 amide bonds. The first-order chi connectivity index (χ1) is 15.8. The van der Waals surface area contributed by atoms with Gasteiger partial charge in [0.15, 0.2) is 0 Å². The number of aromatic nitrogens is 3. The average molecular weight is 442 g/mol. The Morgan fingerprint density at radius 3 is 2.36 bits per heavy atom. The van der Waals surface area contributed by atoms with Gasteiger partial charge in [0.2, 0.25) is 0 Å². The number of urea groups is 1. The minimum Gasteiger partial charge on any atom is -0.332 e. The molecule has 0 atom stereocenters. The molecular formula is C26H27N5O2. The van der Waals surface area contributed by atoms with Crippen LogP contribution >= 0.6 is 0 Å². The molecule has 0 aliphatic rings. The molecule has 33 heavy (non-hydrogen) atoms. The number of fused-ring (bicyclic) bond motifs is 1. The van der Waals surface area contributed by atoms with Crippen LogP contribution in [0.5, 0.6) is 0 Å². The lowest BCUT2D eigenvalue weighted by Gasteiger charge is -2.19. The van der Waals surface area contributed by atoms with Gasteiger partial charge in [0.1, 0.15) is 0 Å². The number of amides is 2. The second-order valence-corrected chi connectivity index (χ2v) is 8.95. The molecule has 0 unspecified atom stereocenters. The summed E-state index contributed by atoms with van der Waals surface area (Å²) in [5, 5.41) is 11.5. The summed E-state index contributed by atoms with van der Waals surface area (Å²) in [7, 11) is 0. The topological polar surface area (TPSA) is 88.9 Å². The molecule has 2 aromatic carbocycles. The minimum absolute atomic E-state index is 0.0480. The largest absolute Gasteiger partial charge is 0.332 e. The maximum atomic E-state index is 12.9. The standard InChI is InChI=1S/C26H27N5O2/c1-26(2,3)19-10-12-20(13-11-19)29-25(33)28-16-23-21-8-4-5-9-22(21)24(32)31(30-23)17-18-7-6-14-27-15-18/h4-15H,16-17H2,1-3H3,(H2,28,29,33). The van der Waals surface area contributed by atoms with E-state index in [4.69, 9.17) is 0 Å². The molecule has 7 heteroatoms. The lowest BCUT2D eigenvalue weighted by molar-refractivity contribution is 0.251. The summed E-state index contributed by atoms with van der Waals surface area (Å²) in [6, 6.07) is 18.5. The zero-order valence-electron chi connectivity index (χ0n) is 19.0. The highest BCUT2D eigenvalue weighted by Gasteiger charge is 2.14. The zero-order valence-corrected chi connectivity index (χ0v) is 19.0. The van der Waals surface area contributed by atoms with Crippen molar-refractivity contribution in [3.05, 3.63) is 100 Å². The number of hydrogen-bond acceptors (Lipinski definition) is 4. The third-order valence-corrected chi connectivity index (χ3v) is 5.42. The summed E-state index contributed by atoms with van der Waals surface area (Å²) >= 11 is 0. The zero-order chi connectivity index (χ0) is 23.4. The molecule has 0 saturated carbocycles. The third-order valence-electron chi connectivity index (χ3n) is 5.42. The first-order valence-corrected chi connectivity index (χ1v) is 10.8. The molecule has 4 aromatic rings. The van der Waals surface area contributed by atoms with Crippen molar-refractivity contribution in [2.45, 2.75) is 39.3 Å². The summed E-state index contributed by atoms with van der Waals surface area (Å²) < 4.78 is 1.42. The normalized spacial score (nSPS) is 11.4. The Hall–Kier alpha value is -4.00. The van der Waals surface area contributed by atoms with Crippen molar-refractivity contribution >= 4 is 22.5 Å². The fourth-order valence-electron chi connectivity index (χ4n) is 3.60. The molecular weight excluding hydrogens is 414 g/mol. The summed E-state index contributed by atoms with van der Waals surface area (Å²) in [5.41, 5.74) is 3.26. The Kier molecular flexibility index (Phi) is 6.22. The van der Waals surface area contributed by atoms with E-state index in [0.717, 1.165) is 10.9 Å². The van der Waals surface area contributed by atoms with E-state index in [2.05, 4.69) is 41.5 Å². The van der Waals surface area contributed by atoms with Crippen molar-refractivity contribution < 1.29 is 4.79 Å². The number of anilines is 1. The Morgan fingerprint density at radius 1 is 0.970 bits per heavy atom. The van der Waals surface area contributed by atoms with Gasteiger partial charge in [0.25, 0.3) is 5.56 Å². The molecule has 4 rings (SSSR count). The van der Waals surface area contributed by atoms with Crippen LogP contribution in [0.1, 0.15) is 37.6 Å². The Balaban J connectivity index is 1.52. The molecule has 0 fully saturated rings. The van der Waals surface area contributed by atoms with E-state index in [-0.39, 0.29) is 23.6 Å². The molecule has 0 spiro atoms. The fraction of sp³-hybridized carbons (Fsp3) is 0.231. The molecule has 7 nitrogen and oxygen atoms in total. The van der Waals surface area contributed by atoms with Crippen LogP contribution in [0, 0.1) is 0 Å². The molecule has 0 aliphatic carbocycles. The summed E-state index contributed by atoms with van der Waals surface area (Å²) in [6.45, 7) is 6.92. The van der Waals surface area contributed by atoms with Crippen molar-refractivity contribution in [1.29, 1.82) is 0 Å². The number of nitrogens with zero attached hydrogens (tertiary/aromatic N) is 3. The van der Waals surface area contributed by atoms with Crippen LogP contribution in [-0.4, -0.2) is 20.8 Å². The van der Waals surface area contributed by atoms with Crippen LogP contribution < -0.4 is 16.2 Å². The van der Waals surface area contributed by atoms with E-state index in [0.29, 0.717) is 23.3 Å². The van der Waals surface area contributed by atoms with Crippen LogP contribution in [0.15, 0.2) is 77.9 Å². The Bertz CT molecular complexity index is 1320. The highest BCUT2D eigenvalue weighted by atomic mass is 16.2. The van der Waals surface area contributed by atoms with Crippen LogP contribution in [0.4, 0.5) is 10.5 Å². The van der Waals surface area contributed by atoms with E-state index in [1.807, 2.05) is 54.6 Å². The van der Waals surface area contributed by atoms with E-state index >= 15 is 0 Å². The van der Waals surface area contributed by atoms with Gasteiger partial charge < -0.3 is 10.6 Å². The van der Waals surface area contributed by atoms with Crippen molar-refractivity contribution in [2.75, 3.05) is 5.32 Å². The molecule has 0 radical (unpaired) electrons. The van der Waals surface area contributed by atoms with E-state index in [1.54, 1.807) is 18.5 Å². The van der Waals surface area contributed by atoms with Gasteiger partial charge >= 0.3 is 6.03 Å². The molecule has 2 heterocycles. The molecule has 2 N–H and O–H groups in total. The quantitative estimate of drug-likeness (QED) is 0.479. The first-order valence-electron chi connectivity index (χ1n) is 10.8. The minimum atomic E-state index is -0.339. The number of nitrogens with one attached hydrogen (secondary N) is 2. The van der Waals surface area contributed by atoms with Crippen LogP contribution in [0.25, 0.3) is 10.8 Å². The summed E-state index contributed by atoms with van der Waals surface area (Å²) in [6.07, 6.45) is 3.39. The second-order valence-electron chi connectivity index (χ2n) is 8.95. The number of carbonyl (C=O) groups excluding carboxylic acids is 1. The molecule has 0 bridgehead atoms. The van der Waals surface area contributed by atoms with E-state index in [9.17, 15) is 9.59 Å². The summed E-state index contributed by atoms with van der Waals surface area (Å²) in [5.74, 6) is 0. The van der Waals surface area contributed by atoms with E-state index in [1.165, 1.54) is 10.2 Å². The number of carbonyl (C=O) groups is 1. The van der Waals surface area contributed by atoms with E-state index < -0.39 is 0 Å². The Labute approximate surface area is 192 Å². The monoisotopic (exact) mass is 441 g/mol. The lowest BCUT2D eigenvalue weighted by atomic mass is 9.87. The smallest absolute Gasteiger partial charge is 0.319 e. The number of rotatable bonds is 5. The van der Waals surface area contributed by atoms with Gasteiger partial charge in [-0.2, -0.15) is 5.10 Å². The van der Waals surface area contributed by atoms with Crippen molar-refractivity contribution in [3.8, 4) is 0 Å². The van der Waals surface area contributed by atoms with Crippen LogP contribution in [0.3, 0.4) is 0 Å². The van der Waals surface area contributed by atoms with Gasteiger partial charge in [-0.3, -0.25) is 9.78 Å². The number of benzene rings is 2. The molecule has 0 aliphatic heterocycles. The van der Waals surface area contributed by atoms with Gasteiger partial charge in [0.05, 0.1) is 24.2 Å². The first kappa shape index (κ1) is 22.2. The lowest BCUT2D eigenvalue weighted by Crippen LogP contribution is -2.31. The maximum Gasteiger partial charge on any atom is 0.319 e. The molecule has 0 saturated heterocycles. The molecule has 168 valence electrons. The Morgan fingerprint density at radius 2 is 1.70 bits per heavy atom. The third kappa shape index (κ3) is 5.26. The average Bonchev–Trinajstić information content (AvgIpc) is 2.80. The molecule has 2 aromatic heterocycles. The van der Waals surface area contributed by atoms with Gasteiger partial charge in [0, 0.05) is 23.5 Å². The fourth-order valence-corrected chi connectivity index (χ4v) is 3.60. The summed E-state index contributed by atoms with van der Waals surface area (Å²) in [4.78, 5) is 29.6. The van der Waals surface area contributed by atoms with Crippen LogP contribution in [0.2, 0.25) is 0 Å². The van der Waals surface area contributed by atoms with Gasteiger partial charge in [-0.05, 0) is 40.8 Å². The second kappa shape index (κ2) is 9.24.